The van der Waals surface area contributed by atoms with Crippen LogP contribution in [0.2, 0.25) is 0 Å². The van der Waals surface area contributed by atoms with E-state index in [0.29, 0.717) is 16.7 Å². The highest BCUT2D eigenvalue weighted by atomic mass is 32.2. The van der Waals surface area contributed by atoms with Crippen molar-refractivity contribution >= 4 is 15.9 Å². The van der Waals surface area contributed by atoms with Crippen molar-refractivity contribution in [2.24, 2.45) is 0 Å². The molecular weight excluding hydrogens is 319 g/mol. The molecule has 0 aliphatic carbocycles. The lowest BCUT2D eigenvalue weighted by atomic mass is 10.1. The first kappa shape index (κ1) is 17.1. The van der Waals surface area contributed by atoms with Gasteiger partial charge in [-0.1, -0.05) is 12.1 Å². The number of nitrogens with one attached hydrogen (secondary N) is 2. The van der Waals surface area contributed by atoms with Gasteiger partial charge in [-0.25, -0.2) is 17.5 Å². The summed E-state index contributed by atoms with van der Waals surface area (Å²) in [5.41, 5.74) is 1.52. The van der Waals surface area contributed by atoms with Crippen molar-refractivity contribution in [1.29, 1.82) is 0 Å². The van der Waals surface area contributed by atoms with Gasteiger partial charge >= 0.3 is 0 Å². The normalized spacial score (nSPS) is 11.3. The number of benzene rings is 2. The number of halogens is 1. The minimum atomic E-state index is -3.53. The molecule has 0 fully saturated rings. The Morgan fingerprint density at radius 1 is 1.13 bits per heavy atom. The zero-order chi connectivity index (χ0) is 17.0. The van der Waals surface area contributed by atoms with Gasteiger partial charge in [0, 0.05) is 12.1 Å². The number of hydrogen-bond acceptors (Lipinski definition) is 3. The van der Waals surface area contributed by atoms with E-state index in [2.05, 4.69) is 10.0 Å². The van der Waals surface area contributed by atoms with E-state index in [9.17, 15) is 17.6 Å². The number of carbonyl (C=O) groups is 1. The third-order valence-corrected chi connectivity index (χ3v) is 4.82. The predicted molar refractivity (Wildman–Crippen MR) is 85.0 cm³/mol. The van der Waals surface area contributed by atoms with Gasteiger partial charge in [0.1, 0.15) is 5.82 Å². The van der Waals surface area contributed by atoms with Crippen LogP contribution in [0, 0.1) is 12.7 Å². The molecule has 5 nitrogen and oxygen atoms in total. The van der Waals surface area contributed by atoms with Gasteiger partial charge in [-0.3, -0.25) is 4.79 Å². The van der Waals surface area contributed by atoms with Crippen molar-refractivity contribution in [2.75, 3.05) is 7.05 Å². The van der Waals surface area contributed by atoms with E-state index in [1.54, 1.807) is 19.1 Å². The number of hydrogen-bond donors (Lipinski definition) is 2. The van der Waals surface area contributed by atoms with Gasteiger partial charge in [0.2, 0.25) is 10.0 Å². The van der Waals surface area contributed by atoms with Crippen molar-refractivity contribution in [3.05, 3.63) is 65.0 Å². The zero-order valence-electron chi connectivity index (χ0n) is 12.8. The summed E-state index contributed by atoms with van der Waals surface area (Å²) in [7, 11) is -2.21. The first-order valence-corrected chi connectivity index (χ1v) is 8.38. The van der Waals surface area contributed by atoms with E-state index in [-0.39, 0.29) is 23.2 Å². The summed E-state index contributed by atoms with van der Waals surface area (Å²) < 4.78 is 38.8. The van der Waals surface area contributed by atoms with E-state index in [1.165, 1.54) is 37.4 Å². The standard InChI is InChI=1S/C16H17FN2O3S/c1-11-3-4-12(9-15(11)17)10-19-16(20)13-5-7-14(8-6-13)23(21,22)18-2/h3-9,18H,10H2,1-2H3,(H,19,20). The Balaban J connectivity index is 2.05. The first-order valence-electron chi connectivity index (χ1n) is 6.90. The Hall–Kier alpha value is -2.25. The molecule has 122 valence electrons. The minimum Gasteiger partial charge on any atom is -0.348 e. The Kier molecular flexibility index (Phi) is 5.12. The quantitative estimate of drug-likeness (QED) is 0.876. The molecule has 0 saturated carbocycles. The maximum Gasteiger partial charge on any atom is 0.251 e. The second kappa shape index (κ2) is 6.89. The first-order chi connectivity index (χ1) is 10.8. The lowest BCUT2D eigenvalue weighted by molar-refractivity contribution is 0.0950. The van der Waals surface area contributed by atoms with Crippen LogP contribution >= 0.6 is 0 Å². The van der Waals surface area contributed by atoms with Gasteiger partial charge < -0.3 is 5.32 Å². The van der Waals surface area contributed by atoms with E-state index in [0.717, 1.165) is 0 Å². The highest BCUT2D eigenvalue weighted by molar-refractivity contribution is 7.89. The van der Waals surface area contributed by atoms with Crippen LogP contribution in [-0.4, -0.2) is 21.4 Å². The van der Waals surface area contributed by atoms with Gasteiger partial charge in [0.25, 0.3) is 5.91 Å². The fourth-order valence-electron chi connectivity index (χ4n) is 1.93. The van der Waals surface area contributed by atoms with Gasteiger partial charge in [-0.15, -0.1) is 0 Å². The molecule has 2 N–H and O–H groups in total. The SMILES string of the molecule is CNS(=O)(=O)c1ccc(C(=O)NCc2ccc(C)c(F)c2)cc1. The molecule has 2 rings (SSSR count). The second-order valence-corrected chi connectivity index (χ2v) is 6.88. The van der Waals surface area contributed by atoms with E-state index < -0.39 is 10.0 Å². The molecule has 0 spiro atoms. The summed E-state index contributed by atoms with van der Waals surface area (Å²) in [6, 6.07) is 10.3. The fourth-order valence-corrected chi connectivity index (χ4v) is 2.66. The molecule has 0 unspecified atom stereocenters. The third kappa shape index (κ3) is 4.14. The van der Waals surface area contributed by atoms with Crippen LogP contribution in [0.1, 0.15) is 21.5 Å². The topological polar surface area (TPSA) is 75.3 Å². The van der Waals surface area contributed by atoms with Crippen molar-refractivity contribution < 1.29 is 17.6 Å². The van der Waals surface area contributed by atoms with Gasteiger partial charge in [0.05, 0.1) is 4.90 Å². The number of carbonyl (C=O) groups excluding carboxylic acids is 1. The van der Waals surface area contributed by atoms with E-state index >= 15 is 0 Å². The summed E-state index contributed by atoms with van der Waals surface area (Å²) in [5, 5.41) is 2.66. The van der Waals surface area contributed by atoms with Crippen LogP contribution < -0.4 is 10.0 Å². The smallest absolute Gasteiger partial charge is 0.251 e. The number of amides is 1. The molecule has 0 radical (unpaired) electrons. The molecule has 0 saturated heterocycles. The molecular formula is C16H17FN2O3S. The molecule has 0 atom stereocenters. The summed E-state index contributed by atoms with van der Waals surface area (Å²) in [6.45, 7) is 1.85. The van der Waals surface area contributed by atoms with Crippen LogP contribution in [0.4, 0.5) is 4.39 Å². The molecule has 0 aliphatic heterocycles. The Labute approximate surface area is 134 Å². The average molecular weight is 336 g/mol. The Bertz CT molecular complexity index is 818. The van der Waals surface area contributed by atoms with Crippen LogP contribution in [-0.2, 0) is 16.6 Å². The zero-order valence-corrected chi connectivity index (χ0v) is 13.6. The molecule has 0 bridgehead atoms. The molecule has 0 aliphatic rings. The third-order valence-electron chi connectivity index (χ3n) is 3.38. The monoisotopic (exact) mass is 336 g/mol. The van der Waals surface area contributed by atoms with Crippen LogP contribution in [0.5, 0.6) is 0 Å². The summed E-state index contributed by atoms with van der Waals surface area (Å²) in [5.74, 6) is -0.683. The molecule has 7 heteroatoms. The largest absolute Gasteiger partial charge is 0.348 e. The maximum absolute atomic E-state index is 13.4. The van der Waals surface area contributed by atoms with Crippen LogP contribution in [0.15, 0.2) is 47.4 Å². The summed E-state index contributed by atoms with van der Waals surface area (Å²) in [4.78, 5) is 12.1. The molecule has 1 amide bonds. The highest BCUT2D eigenvalue weighted by Crippen LogP contribution is 2.11. The average Bonchev–Trinajstić information content (AvgIpc) is 2.55. The highest BCUT2D eigenvalue weighted by Gasteiger charge is 2.12. The van der Waals surface area contributed by atoms with Crippen molar-refractivity contribution in [3.63, 3.8) is 0 Å². The summed E-state index contributed by atoms with van der Waals surface area (Å²) in [6.07, 6.45) is 0. The molecule has 0 aromatic heterocycles. The maximum atomic E-state index is 13.4. The second-order valence-electron chi connectivity index (χ2n) is 5.00. The Morgan fingerprint density at radius 3 is 2.35 bits per heavy atom. The Morgan fingerprint density at radius 2 is 1.78 bits per heavy atom. The number of rotatable bonds is 5. The van der Waals surface area contributed by atoms with Crippen molar-refractivity contribution in [2.45, 2.75) is 18.4 Å². The van der Waals surface area contributed by atoms with Crippen molar-refractivity contribution in [3.8, 4) is 0 Å². The van der Waals surface area contributed by atoms with Gasteiger partial charge in [-0.2, -0.15) is 0 Å². The van der Waals surface area contributed by atoms with Crippen molar-refractivity contribution in [1.82, 2.24) is 10.0 Å². The van der Waals surface area contributed by atoms with Gasteiger partial charge in [-0.05, 0) is 55.4 Å². The summed E-state index contributed by atoms with van der Waals surface area (Å²) >= 11 is 0. The molecule has 0 heterocycles. The van der Waals surface area contributed by atoms with Crippen LogP contribution in [0.25, 0.3) is 0 Å². The van der Waals surface area contributed by atoms with Crippen LogP contribution in [0.3, 0.4) is 0 Å². The number of aryl methyl sites for hydroxylation is 1. The minimum absolute atomic E-state index is 0.0807. The molecule has 2 aromatic carbocycles. The number of sulfonamides is 1. The van der Waals surface area contributed by atoms with E-state index in [4.69, 9.17) is 0 Å². The van der Waals surface area contributed by atoms with E-state index in [1.807, 2.05) is 0 Å². The predicted octanol–water partition coefficient (Wildman–Crippen LogP) is 1.97. The fraction of sp³-hybridized carbons (Fsp3) is 0.188. The molecule has 2 aromatic rings. The lowest BCUT2D eigenvalue weighted by Gasteiger charge is -2.07. The van der Waals surface area contributed by atoms with Gasteiger partial charge in [0.15, 0.2) is 0 Å². The molecule has 23 heavy (non-hydrogen) atoms. The lowest BCUT2D eigenvalue weighted by Crippen LogP contribution is -2.23.